The Labute approximate surface area is 132 Å². The van der Waals surface area contributed by atoms with Gasteiger partial charge in [0.2, 0.25) is 0 Å². The van der Waals surface area contributed by atoms with Gasteiger partial charge in [-0.05, 0) is 56.4 Å². The average molecular weight is 299 g/mol. The van der Waals surface area contributed by atoms with Crippen LogP contribution in [0.3, 0.4) is 0 Å². The lowest BCUT2D eigenvalue weighted by Gasteiger charge is -2.61. The van der Waals surface area contributed by atoms with E-state index >= 15 is 0 Å². The van der Waals surface area contributed by atoms with Gasteiger partial charge in [-0.3, -0.25) is 0 Å². The van der Waals surface area contributed by atoms with E-state index in [1.165, 1.54) is 30.4 Å². The Bertz CT molecular complexity index is 621. The number of anilines is 1. The summed E-state index contributed by atoms with van der Waals surface area (Å²) in [5.41, 5.74) is 10.1. The van der Waals surface area contributed by atoms with Crippen molar-refractivity contribution in [2.75, 3.05) is 11.9 Å². The van der Waals surface area contributed by atoms with Crippen molar-refractivity contribution in [3.63, 3.8) is 0 Å². The topological polar surface area (TPSA) is 59.6 Å². The van der Waals surface area contributed by atoms with Crippen molar-refractivity contribution in [1.29, 1.82) is 0 Å². The largest absolute Gasteiger partial charge is 0.377 e. The van der Waals surface area contributed by atoms with Crippen molar-refractivity contribution in [1.82, 2.24) is 0 Å². The molecule has 4 rings (SSSR count). The lowest BCUT2D eigenvalue weighted by molar-refractivity contribution is -0.164. The van der Waals surface area contributed by atoms with Crippen LogP contribution in [0.5, 0.6) is 0 Å². The number of guanidine groups is 1. The number of rotatable bonds is 2. The first-order valence-corrected chi connectivity index (χ1v) is 8.39. The second-order valence-electron chi connectivity index (χ2n) is 7.21. The molecule has 2 saturated carbocycles. The van der Waals surface area contributed by atoms with Gasteiger partial charge in [0.15, 0.2) is 5.96 Å². The first kappa shape index (κ1) is 14.1. The number of nitrogens with one attached hydrogen (secondary N) is 1. The maximum absolute atomic E-state index is 6.18. The molecule has 4 heteroatoms. The average Bonchev–Trinajstić information content (AvgIpc) is 2.84. The predicted octanol–water partition coefficient (Wildman–Crippen LogP) is 2.99. The molecule has 2 aliphatic carbocycles. The maximum Gasteiger partial charge on any atom is 0.193 e. The van der Waals surface area contributed by atoms with Crippen molar-refractivity contribution >= 4 is 11.6 Å². The zero-order valence-electron chi connectivity index (χ0n) is 13.4. The Hall–Kier alpha value is -1.55. The molecule has 1 heterocycles. The molecule has 1 saturated heterocycles. The number of hydrogen-bond donors (Lipinski definition) is 2. The molecular weight excluding hydrogens is 274 g/mol. The van der Waals surface area contributed by atoms with Gasteiger partial charge in [0, 0.05) is 23.6 Å². The third-order valence-corrected chi connectivity index (χ3v) is 6.04. The molecule has 1 aliphatic heterocycles. The fourth-order valence-corrected chi connectivity index (χ4v) is 4.54. The molecule has 1 aromatic carbocycles. The van der Waals surface area contributed by atoms with E-state index in [1.54, 1.807) is 0 Å². The van der Waals surface area contributed by atoms with Gasteiger partial charge >= 0.3 is 0 Å². The van der Waals surface area contributed by atoms with Crippen LogP contribution in [0.2, 0.25) is 0 Å². The molecule has 3 fully saturated rings. The monoisotopic (exact) mass is 299 g/mol. The molecule has 22 heavy (non-hydrogen) atoms. The first-order chi connectivity index (χ1) is 10.6. The highest BCUT2D eigenvalue weighted by Crippen LogP contribution is 2.64. The lowest BCUT2D eigenvalue weighted by Crippen LogP contribution is -2.65. The summed E-state index contributed by atoms with van der Waals surface area (Å²) >= 11 is 0. The number of benzene rings is 1. The Kier molecular flexibility index (Phi) is 3.19. The van der Waals surface area contributed by atoms with Crippen LogP contribution in [-0.2, 0) is 4.74 Å². The molecule has 4 nitrogen and oxygen atoms in total. The van der Waals surface area contributed by atoms with E-state index < -0.39 is 0 Å². The minimum atomic E-state index is 0.302. The second kappa shape index (κ2) is 4.98. The molecule has 3 atom stereocenters. The van der Waals surface area contributed by atoms with E-state index in [-0.39, 0.29) is 0 Å². The number of fused-ring (bicyclic) bond motifs is 2. The van der Waals surface area contributed by atoms with E-state index in [0.717, 1.165) is 18.7 Å². The third kappa shape index (κ3) is 1.97. The normalized spacial score (nSPS) is 32.3. The van der Waals surface area contributed by atoms with Crippen LogP contribution in [0.25, 0.3) is 0 Å². The van der Waals surface area contributed by atoms with Crippen LogP contribution in [0.4, 0.5) is 5.69 Å². The van der Waals surface area contributed by atoms with E-state index in [4.69, 9.17) is 15.5 Å². The van der Waals surface area contributed by atoms with Gasteiger partial charge in [-0.15, -0.1) is 0 Å². The molecule has 1 aromatic rings. The Morgan fingerprint density at radius 2 is 2.14 bits per heavy atom. The number of aliphatic imine (C=N–C) groups is 1. The number of aryl methyl sites for hydroxylation is 2. The summed E-state index contributed by atoms with van der Waals surface area (Å²) in [5.74, 6) is 1.13. The van der Waals surface area contributed by atoms with Gasteiger partial charge in [0.1, 0.15) is 0 Å². The van der Waals surface area contributed by atoms with Crippen molar-refractivity contribution in [2.24, 2.45) is 22.1 Å². The van der Waals surface area contributed by atoms with Gasteiger partial charge < -0.3 is 15.8 Å². The molecule has 3 N–H and O–H groups in total. The van der Waals surface area contributed by atoms with Gasteiger partial charge in [0.25, 0.3) is 0 Å². The summed E-state index contributed by atoms with van der Waals surface area (Å²) in [6, 6.07) is 6.65. The highest BCUT2D eigenvalue weighted by Gasteiger charge is 2.66. The summed E-state index contributed by atoms with van der Waals surface area (Å²) in [6.07, 6.45) is 5.39. The van der Waals surface area contributed by atoms with Gasteiger partial charge in [-0.2, -0.15) is 0 Å². The quantitative estimate of drug-likeness (QED) is 0.652. The van der Waals surface area contributed by atoms with Crippen LogP contribution < -0.4 is 11.1 Å². The molecule has 0 amide bonds. The summed E-state index contributed by atoms with van der Waals surface area (Å²) < 4.78 is 5.94. The second-order valence-corrected chi connectivity index (χ2v) is 7.21. The van der Waals surface area contributed by atoms with E-state index in [0.29, 0.717) is 29.4 Å². The van der Waals surface area contributed by atoms with Crippen molar-refractivity contribution in [3.8, 4) is 0 Å². The molecular formula is C18H25N3O. The van der Waals surface area contributed by atoms with Crippen LogP contribution in [0.15, 0.2) is 23.2 Å². The van der Waals surface area contributed by atoms with Crippen molar-refractivity contribution in [2.45, 2.75) is 51.7 Å². The van der Waals surface area contributed by atoms with Crippen LogP contribution >= 0.6 is 0 Å². The minimum Gasteiger partial charge on any atom is -0.377 e. The summed E-state index contributed by atoms with van der Waals surface area (Å²) in [7, 11) is 0. The standard InChI is InChI=1S/C18H25N3O/c1-11-4-5-13(10-12(11)2)20-17(19)21-15-14-6-9-22-16(14)18(15)7-3-8-18/h4-5,10,14-16H,3,6-9H2,1-2H3,(H3,19,20,21). The molecule has 1 spiro atoms. The Balaban J connectivity index is 1.51. The first-order valence-electron chi connectivity index (χ1n) is 8.39. The molecule has 0 bridgehead atoms. The minimum absolute atomic E-state index is 0.302. The zero-order valence-corrected chi connectivity index (χ0v) is 13.4. The summed E-state index contributed by atoms with van der Waals surface area (Å²) in [4.78, 5) is 4.85. The molecule has 3 aliphatic rings. The number of nitrogens with zero attached hydrogens (tertiary/aromatic N) is 1. The molecule has 118 valence electrons. The molecule has 0 aromatic heterocycles. The highest BCUT2D eigenvalue weighted by molar-refractivity contribution is 5.92. The van der Waals surface area contributed by atoms with E-state index in [1.807, 2.05) is 0 Å². The molecule has 0 radical (unpaired) electrons. The third-order valence-electron chi connectivity index (χ3n) is 6.04. The fourth-order valence-electron chi connectivity index (χ4n) is 4.54. The van der Waals surface area contributed by atoms with Crippen molar-refractivity contribution < 1.29 is 4.74 Å². The lowest BCUT2D eigenvalue weighted by atomic mass is 9.46. The van der Waals surface area contributed by atoms with Crippen LogP contribution in [-0.4, -0.2) is 24.7 Å². The highest BCUT2D eigenvalue weighted by atomic mass is 16.5. The maximum atomic E-state index is 6.18. The Morgan fingerprint density at radius 1 is 1.32 bits per heavy atom. The van der Waals surface area contributed by atoms with Gasteiger partial charge in [0.05, 0.1) is 12.1 Å². The van der Waals surface area contributed by atoms with E-state index in [9.17, 15) is 0 Å². The van der Waals surface area contributed by atoms with Gasteiger partial charge in [-0.1, -0.05) is 12.5 Å². The Morgan fingerprint density at radius 3 is 2.82 bits per heavy atom. The van der Waals surface area contributed by atoms with Crippen LogP contribution in [0.1, 0.15) is 36.8 Å². The zero-order chi connectivity index (χ0) is 15.3. The number of hydrogen-bond acceptors (Lipinski definition) is 2. The predicted molar refractivity (Wildman–Crippen MR) is 89.1 cm³/mol. The van der Waals surface area contributed by atoms with Gasteiger partial charge in [-0.25, -0.2) is 4.99 Å². The van der Waals surface area contributed by atoms with E-state index in [2.05, 4.69) is 37.4 Å². The molecule has 3 unspecified atom stereocenters. The smallest absolute Gasteiger partial charge is 0.193 e. The fraction of sp³-hybridized carbons (Fsp3) is 0.611. The number of ether oxygens (including phenoxy) is 1. The number of nitrogens with two attached hydrogens (primary N) is 1. The van der Waals surface area contributed by atoms with Crippen molar-refractivity contribution in [3.05, 3.63) is 29.3 Å². The summed E-state index contributed by atoms with van der Waals surface area (Å²) in [6.45, 7) is 5.13. The SMILES string of the molecule is Cc1ccc(NC(N)=NC2C3CCOC3C23CCC3)cc1C. The summed E-state index contributed by atoms with van der Waals surface area (Å²) in [5, 5.41) is 3.26. The van der Waals surface area contributed by atoms with Crippen LogP contribution in [0, 0.1) is 25.2 Å².